The van der Waals surface area contributed by atoms with Crippen LogP contribution in [0.15, 0.2) is 0 Å². The van der Waals surface area contributed by atoms with E-state index in [0.29, 0.717) is 6.04 Å². The SMILES string of the molecule is CCC1CCC(C)N1CC(N)CCCOC. The van der Waals surface area contributed by atoms with Gasteiger partial charge >= 0.3 is 0 Å². The van der Waals surface area contributed by atoms with Crippen LogP contribution >= 0.6 is 0 Å². The highest BCUT2D eigenvalue weighted by molar-refractivity contribution is 4.86. The predicted octanol–water partition coefficient (Wildman–Crippen LogP) is 2.00. The maximum atomic E-state index is 6.18. The number of rotatable bonds is 7. The summed E-state index contributed by atoms with van der Waals surface area (Å²) in [5.74, 6) is 0. The van der Waals surface area contributed by atoms with Crippen molar-refractivity contribution in [1.82, 2.24) is 4.90 Å². The monoisotopic (exact) mass is 228 g/mol. The Hall–Kier alpha value is -0.120. The van der Waals surface area contributed by atoms with Crippen LogP contribution in [0.4, 0.5) is 0 Å². The molecule has 1 aliphatic rings. The van der Waals surface area contributed by atoms with E-state index in [-0.39, 0.29) is 0 Å². The Bertz CT molecular complexity index is 187. The summed E-state index contributed by atoms with van der Waals surface area (Å²) in [6, 6.07) is 1.80. The summed E-state index contributed by atoms with van der Waals surface area (Å²) in [7, 11) is 1.75. The molecule has 0 aliphatic carbocycles. The zero-order valence-corrected chi connectivity index (χ0v) is 11.1. The Kier molecular flexibility index (Phi) is 6.32. The van der Waals surface area contributed by atoms with Gasteiger partial charge in [0.1, 0.15) is 0 Å². The molecule has 96 valence electrons. The second kappa shape index (κ2) is 7.25. The van der Waals surface area contributed by atoms with Crippen LogP contribution in [0.2, 0.25) is 0 Å². The van der Waals surface area contributed by atoms with Crippen molar-refractivity contribution in [1.29, 1.82) is 0 Å². The van der Waals surface area contributed by atoms with Crippen molar-refractivity contribution in [3.05, 3.63) is 0 Å². The van der Waals surface area contributed by atoms with Gasteiger partial charge in [-0.05, 0) is 39.0 Å². The first-order valence-electron chi connectivity index (χ1n) is 6.69. The van der Waals surface area contributed by atoms with Gasteiger partial charge in [0.25, 0.3) is 0 Å². The summed E-state index contributed by atoms with van der Waals surface area (Å²) in [5.41, 5.74) is 6.18. The predicted molar refractivity (Wildman–Crippen MR) is 68.6 cm³/mol. The molecule has 1 fully saturated rings. The lowest BCUT2D eigenvalue weighted by Crippen LogP contribution is -2.43. The molecule has 3 nitrogen and oxygen atoms in total. The van der Waals surface area contributed by atoms with Gasteiger partial charge in [0.2, 0.25) is 0 Å². The fourth-order valence-corrected chi connectivity index (χ4v) is 2.74. The lowest BCUT2D eigenvalue weighted by atomic mass is 10.1. The lowest BCUT2D eigenvalue weighted by molar-refractivity contribution is 0.168. The smallest absolute Gasteiger partial charge is 0.0462 e. The molecular weight excluding hydrogens is 200 g/mol. The zero-order valence-electron chi connectivity index (χ0n) is 11.1. The van der Waals surface area contributed by atoms with E-state index < -0.39 is 0 Å². The Morgan fingerprint density at radius 3 is 2.81 bits per heavy atom. The molecule has 3 unspecified atom stereocenters. The maximum absolute atomic E-state index is 6.18. The molecule has 0 amide bonds. The molecule has 0 aromatic heterocycles. The van der Waals surface area contributed by atoms with E-state index in [1.807, 2.05) is 0 Å². The Morgan fingerprint density at radius 2 is 2.19 bits per heavy atom. The van der Waals surface area contributed by atoms with Gasteiger partial charge in [-0.3, -0.25) is 4.90 Å². The van der Waals surface area contributed by atoms with Crippen molar-refractivity contribution in [2.75, 3.05) is 20.3 Å². The first kappa shape index (κ1) is 13.9. The number of hydrogen-bond donors (Lipinski definition) is 1. The standard InChI is InChI=1S/C13H28N2O/c1-4-13-8-7-11(2)15(13)10-12(14)6-5-9-16-3/h11-13H,4-10,14H2,1-3H3. The number of methoxy groups -OCH3 is 1. The van der Waals surface area contributed by atoms with E-state index in [4.69, 9.17) is 10.5 Å². The Morgan fingerprint density at radius 1 is 1.44 bits per heavy atom. The minimum absolute atomic E-state index is 0.310. The van der Waals surface area contributed by atoms with Crippen LogP contribution in [-0.4, -0.2) is 43.3 Å². The summed E-state index contributed by atoms with van der Waals surface area (Å²) in [4.78, 5) is 2.61. The minimum atomic E-state index is 0.310. The third kappa shape index (κ3) is 4.04. The van der Waals surface area contributed by atoms with Gasteiger partial charge in [0.05, 0.1) is 0 Å². The largest absolute Gasteiger partial charge is 0.385 e. The number of likely N-dealkylation sites (tertiary alicyclic amines) is 1. The molecule has 1 saturated heterocycles. The van der Waals surface area contributed by atoms with Crippen LogP contribution in [0, 0.1) is 0 Å². The topological polar surface area (TPSA) is 38.5 Å². The summed E-state index contributed by atoms with van der Waals surface area (Å²) < 4.78 is 5.06. The molecule has 0 saturated carbocycles. The molecule has 0 radical (unpaired) electrons. The van der Waals surface area contributed by atoms with Crippen LogP contribution in [0.1, 0.15) is 46.0 Å². The molecule has 0 aromatic rings. The van der Waals surface area contributed by atoms with Gasteiger partial charge in [-0.15, -0.1) is 0 Å². The minimum Gasteiger partial charge on any atom is -0.385 e. The highest BCUT2D eigenvalue weighted by Gasteiger charge is 2.29. The second-order valence-corrected chi connectivity index (χ2v) is 5.08. The van der Waals surface area contributed by atoms with Crippen molar-refractivity contribution in [3.63, 3.8) is 0 Å². The zero-order chi connectivity index (χ0) is 12.0. The first-order valence-corrected chi connectivity index (χ1v) is 6.69. The molecule has 1 heterocycles. The van der Waals surface area contributed by atoms with Crippen molar-refractivity contribution in [3.8, 4) is 0 Å². The molecule has 1 aliphatic heterocycles. The van der Waals surface area contributed by atoms with Gasteiger partial charge in [0.15, 0.2) is 0 Å². The molecule has 3 atom stereocenters. The molecule has 0 aromatic carbocycles. The number of nitrogens with zero attached hydrogens (tertiary/aromatic N) is 1. The average Bonchev–Trinajstić information content (AvgIpc) is 2.61. The molecule has 0 spiro atoms. The molecule has 2 N–H and O–H groups in total. The maximum Gasteiger partial charge on any atom is 0.0462 e. The normalized spacial score (nSPS) is 28.5. The molecule has 0 bridgehead atoms. The summed E-state index contributed by atoms with van der Waals surface area (Å²) in [5, 5.41) is 0. The fourth-order valence-electron chi connectivity index (χ4n) is 2.74. The number of hydrogen-bond acceptors (Lipinski definition) is 3. The van der Waals surface area contributed by atoms with E-state index in [1.165, 1.54) is 19.3 Å². The quantitative estimate of drug-likeness (QED) is 0.677. The van der Waals surface area contributed by atoms with Crippen LogP contribution in [0.3, 0.4) is 0 Å². The Labute approximate surface area is 100 Å². The van der Waals surface area contributed by atoms with Crippen LogP contribution in [-0.2, 0) is 4.74 Å². The molecule has 1 rings (SSSR count). The van der Waals surface area contributed by atoms with Crippen LogP contribution in [0.25, 0.3) is 0 Å². The highest BCUT2D eigenvalue weighted by Crippen LogP contribution is 2.26. The highest BCUT2D eigenvalue weighted by atomic mass is 16.5. The van der Waals surface area contributed by atoms with Crippen molar-refractivity contribution in [2.45, 2.75) is 64.1 Å². The molecule has 16 heavy (non-hydrogen) atoms. The van der Waals surface area contributed by atoms with Crippen LogP contribution < -0.4 is 5.73 Å². The molecule has 3 heteroatoms. The van der Waals surface area contributed by atoms with Gasteiger partial charge < -0.3 is 10.5 Å². The average molecular weight is 228 g/mol. The van der Waals surface area contributed by atoms with Crippen molar-refractivity contribution in [2.24, 2.45) is 5.73 Å². The number of nitrogens with two attached hydrogens (primary N) is 1. The fraction of sp³-hybridized carbons (Fsp3) is 1.00. The van der Waals surface area contributed by atoms with E-state index in [2.05, 4.69) is 18.7 Å². The molecular formula is C13H28N2O. The van der Waals surface area contributed by atoms with E-state index in [9.17, 15) is 0 Å². The van der Waals surface area contributed by atoms with E-state index >= 15 is 0 Å². The van der Waals surface area contributed by atoms with Crippen LogP contribution in [0.5, 0.6) is 0 Å². The van der Waals surface area contributed by atoms with Gasteiger partial charge in [-0.2, -0.15) is 0 Å². The van der Waals surface area contributed by atoms with Crippen molar-refractivity contribution >= 4 is 0 Å². The third-order valence-corrected chi connectivity index (χ3v) is 3.79. The van der Waals surface area contributed by atoms with Gasteiger partial charge in [0, 0.05) is 38.4 Å². The summed E-state index contributed by atoms with van der Waals surface area (Å²) >= 11 is 0. The summed E-state index contributed by atoms with van der Waals surface area (Å²) in [6.45, 7) is 6.51. The van der Waals surface area contributed by atoms with Gasteiger partial charge in [-0.25, -0.2) is 0 Å². The third-order valence-electron chi connectivity index (χ3n) is 3.79. The van der Waals surface area contributed by atoms with E-state index in [0.717, 1.165) is 38.1 Å². The van der Waals surface area contributed by atoms with Crippen molar-refractivity contribution < 1.29 is 4.74 Å². The Balaban J connectivity index is 2.28. The number of ether oxygens (including phenoxy) is 1. The summed E-state index contributed by atoms with van der Waals surface area (Å²) in [6.07, 6.45) is 6.10. The second-order valence-electron chi connectivity index (χ2n) is 5.08. The van der Waals surface area contributed by atoms with Gasteiger partial charge in [-0.1, -0.05) is 6.92 Å². The lowest BCUT2D eigenvalue weighted by Gasteiger charge is -2.30. The van der Waals surface area contributed by atoms with E-state index in [1.54, 1.807) is 7.11 Å². The first-order chi connectivity index (χ1) is 7.69.